The second-order valence-corrected chi connectivity index (χ2v) is 5.30. The molecule has 0 aliphatic carbocycles. The average Bonchev–Trinajstić information content (AvgIpc) is 2.96. The molecular formula is C15H24N4O2. The summed E-state index contributed by atoms with van der Waals surface area (Å²) < 4.78 is 4.63. The fraction of sp³-hybridized carbons (Fsp3) is 0.600. The zero-order chi connectivity index (χ0) is 15.2. The molecule has 0 radical (unpaired) electrons. The first-order chi connectivity index (χ1) is 10.1. The Morgan fingerprint density at radius 1 is 1.57 bits per heavy atom. The van der Waals surface area contributed by atoms with Crippen molar-refractivity contribution in [1.29, 1.82) is 0 Å². The molecule has 1 aromatic rings. The number of nitrogens with one attached hydrogen (secondary N) is 2. The highest BCUT2D eigenvalue weighted by atomic mass is 16.5. The van der Waals surface area contributed by atoms with Crippen molar-refractivity contribution in [1.82, 2.24) is 15.6 Å². The lowest BCUT2D eigenvalue weighted by molar-refractivity contribution is 0.167. The molecule has 1 amide bonds. The van der Waals surface area contributed by atoms with Crippen molar-refractivity contribution in [2.45, 2.75) is 32.4 Å². The number of methoxy groups -OCH3 is 1. The van der Waals surface area contributed by atoms with E-state index in [1.807, 2.05) is 12.3 Å². The summed E-state index contributed by atoms with van der Waals surface area (Å²) >= 11 is 0. The molecule has 0 spiro atoms. The first-order valence-electron chi connectivity index (χ1n) is 7.42. The lowest BCUT2D eigenvalue weighted by atomic mass is 10.1. The highest BCUT2D eigenvalue weighted by molar-refractivity contribution is 5.67. The Kier molecular flexibility index (Phi) is 5.38. The quantitative estimate of drug-likeness (QED) is 0.864. The Balaban J connectivity index is 1.92. The van der Waals surface area contributed by atoms with E-state index in [1.165, 1.54) is 12.7 Å². The van der Waals surface area contributed by atoms with Gasteiger partial charge in [0, 0.05) is 25.3 Å². The van der Waals surface area contributed by atoms with E-state index in [1.54, 1.807) is 0 Å². The molecule has 2 rings (SSSR count). The molecule has 2 heterocycles. The number of pyridine rings is 1. The van der Waals surface area contributed by atoms with Gasteiger partial charge >= 0.3 is 6.09 Å². The Hall–Kier alpha value is -1.82. The largest absolute Gasteiger partial charge is 0.453 e. The van der Waals surface area contributed by atoms with Gasteiger partial charge in [-0.25, -0.2) is 9.78 Å². The minimum Gasteiger partial charge on any atom is -0.453 e. The molecule has 0 bridgehead atoms. The van der Waals surface area contributed by atoms with Crippen LogP contribution in [0.25, 0.3) is 0 Å². The lowest BCUT2D eigenvalue weighted by Crippen LogP contribution is -2.37. The molecule has 1 fully saturated rings. The van der Waals surface area contributed by atoms with Gasteiger partial charge in [-0.3, -0.25) is 0 Å². The molecule has 1 aromatic heterocycles. The lowest BCUT2D eigenvalue weighted by Gasteiger charge is -2.19. The number of carbonyl (C=O) groups excluding carboxylic acids is 1. The molecule has 0 aromatic carbocycles. The van der Waals surface area contributed by atoms with Gasteiger partial charge in [0.15, 0.2) is 0 Å². The molecule has 2 N–H and O–H groups in total. The molecule has 1 saturated heterocycles. The highest BCUT2D eigenvalue weighted by Gasteiger charge is 2.25. The first kappa shape index (κ1) is 15.6. The number of anilines is 1. The second kappa shape index (κ2) is 7.26. The number of hydrogen-bond acceptors (Lipinski definition) is 5. The van der Waals surface area contributed by atoms with Crippen LogP contribution in [0.2, 0.25) is 0 Å². The zero-order valence-electron chi connectivity index (χ0n) is 12.9. The van der Waals surface area contributed by atoms with E-state index in [-0.39, 0.29) is 12.1 Å². The topological polar surface area (TPSA) is 66.5 Å². The summed E-state index contributed by atoms with van der Waals surface area (Å²) in [5.74, 6) is 0.955. The van der Waals surface area contributed by atoms with Crippen molar-refractivity contribution in [2.75, 3.05) is 31.6 Å². The van der Waals surface area contributed by atoms with Crippen molar-refractivity contribution in [3.8, 4) is 0 Å². The van der Waals surface area contributed by atoms with Crippen LogP contribution in [0.1, 0.15) is 31.9 Å². The number of carbonyl (C=O) groups is 1. The summed E-state index contributed by atoms with van der Waals surface area (Å²) in [6, 6.07) is 4.59. The molecule has 21 heavy (non-hydrogen) atoms. The molecule has 0 saturated carbocycles. The van der Waals surface area contributed by atoms with Gasteiger partial charge in [0.05, 0.1) is 13.2 Å². The van der Waals surface area contributed by atoms with Crippen LogP contribution >= 0.6 is 0 Å². The normalized spacial score (nSPS) is 19.4. The van der Waals surface area contributed by atoms with Gasteiger partial charge in [-0.15, -0.1) is 0 Å². The number of alkyl carbamates (subject to hydrolysis) is 1. The van der Waals surface area contributed by atoms with Gasteiger partial charge in [0.25, 0.3) is 0 Å². The third-order valence-electron chi connectivity index (χ3n) is 3.80. The van der Waals surface area contributed by atoms with Gasteiger partial charge in [0.1, 0.15) is 5.82 Å². The number of aromatic nitrogens is 1. The van der Waals surface area contributed by atoms with Gasteiger partial charge in [0.2, 0.25) is 0 Å². The zero-order valence-corrected chi connectivity index (χ0v) is 12.9. The molecule has 6 heteroatoms. The molecule has 1 aliphatic heterocycles. The van der Waals surface area contributed by atoms with Crippen molar-refractivity contribution in [3.63, 3.8) is 0 Å². The smallest absolute Gasteiger partial charge is 0.407 e. The molecule has 116 valence electrons. The maximum atomic E-state index is 11.2. The van der Waals surface area contributed by atoms with Crippen molar-refractivity contribution in [3.05, 3.63) is 23.9 Å². The fourth-order valence-electron chi connectivity index (χ4n) is 2.58. The van der Waals surface area contributed by atoms with Crippen molar-refractivity contribution < 1.29 is 9.53 Å². The van der Waals surface area contributed by atoms with Crippen LogP contribution in [0.4, 0.5) is 10.6 Å². The fourth-order valence-corrected chi connectivity index (χ4v) is 2.58. The maximum Gasteiger partial charge on any atom is 0.407 e. The minimum absolute atomic E-state index is 0.125. The number of ether oxygens (including phenoxy) is 1. The van der Waals surface area contributed by atoms with E-state index >= 15 is 0 Å². The van der Waals surface area contributed by atoms with E-state index in [4.69, 9.17) is 0 Å². The highest BCUT2D eigenvalue weighted by Crippen LogP contribution is 2.20. The summed E-state index contributed by atoms with van der Waals surface area (Å²) in [5.41, 5.74) is 1.18. The predicted octanol–water partition coefficient (Wildman–Crippen LogP) is 1.69. The second-order valence-electron chi connectivity index (χ2n) is 5.30. The van der Waals surface area contributed by atoms with Crippen LogP contribution in [-0.4, -0.2) is 43.9 Å². The Morgan fingerprint density at radius 3 is 3.00 bits per heavy atom. The average molecular weight is 292 g/mol. The monoisotopic (exact) mass is 292 g/mol. The number of nitrogens with zero attached hydrogens (tertiary/aromatic N) is 2. The minimum atomic E-state index is -0.371. The molecule has 2 unspecified atom stereocenters. The van der Waals surface area contributed by atoms with Crippen molar-refractivity contribution in [2.24, 2.45) is 0 Å². The van der Waals surface area contributed by atoms with E-state index in [2.05, 4.69) is 45.2 Å². The first-order valence-corrected chi connectivity index (χ1v) is 7.42. The molecular weight excluding hydrogens is 268 g/mol. The van der Waals surface area contributed by atoms with Gasteiger partial charge in [-0.05, 0) is 31.5 Å². The summed E-state index contributed by atoms with van der Waals surface area (Å²) in [5, 5.41) is 6.20. The van der Waals surface area contributed by atoms with Crippen LogP contribution in [0.15, 0.2) is 18.3 Å². The summed E-state index contributed by atoms with van der Waals surface area (Å²) in [4.78, 5) is 17.9. The SMILES string of the molecule is CCNC(C)c1ccc(N2CCC(NC(=O)OC)C2)nc1. The predicted molar refractivity (Wildman–Crippen MR) is 82.5 cm³/mol. The molecule has 2 atom stereocenters. The van der Waals surface area contributed by atoms with E-state index in [0.717, 1.165) is 31.9 Å². The van der Waals surface area contributed by atoms with Crippen LogP contribution in [-0.2, 0) is 4.74 Å². The number of amides is 1. The Morgan fingerprint density at radius 2 is 2.38 bits per heavy atom. The molecule has 6 nitrogen and oxygen atoms in total. The van der Waals surface area contributed by atoms with Gasteiger partial charge in [-0.2, -0.15) is 0 Å². The standard InChI is InChI=1S/C15H24N4O2/c1-4-16-11(2)12-5-6-14(17-9-12)19-8-7-13(10-19)18-15(20)21-3/h5-6,9,11,13,16H,4,7-8,10H2,1-3H3,(H,18,20). The summed E-state index contributed by atoms with van der Waals surface area (Å²) in [6.07, 6.45) is 2.46. The van der Waals surface area contributed by atoms with E-state index in [0.29, 0.717) is 6.04 Å². The number of rotatable bonds is 5. The number of hydrogen-bond donors (Lipinski definition) is 2. The Labute approximate surface area is 125 Å². The van der Waals surface area contributed by atoms with Crippen molar-refractivity contribution >= 4 is 11.9 Å². The maximum absolute atomic E-state index is 11.2. The Bertz CT molecular complexity index is 463. The molecule has 1 aliphatic rings. The van der Waals surface area contributed by atoms with Gasteiger partial charge in [-0.1, -0.05) is 13.0 Å². The van der Waals surface area contributed by atoms with Crippen LogP contribution in [0, 0.1) is 0 Å². The summed E-state index contributed by atoms with van der Waals surface area (Å²) in [6.45, 7) is 6.83. The third kappa shape index (κ3) is 4.07. The van der Waals surface area contributed by atoms with Crippen LogP contribution in [0.3, 0.4) is 0 Å². The van der Waals surface area contributed by atoms with E-state index < -0.39 is 0 Å². The summed E-state index contributed by atoms with van der Waals surface area (Å²) in [7, 11) is 1.38. The van der Waals surface area contributed by atoms with Gasteiger partial charge < -0.3 is 20.3 Å². The van der Waals surface area contributed by atoms with Crippen LogP contribution in [0.5, 0.6) is 0 Å². The van der Waals surface area contributed by atoms with Crippen LogP contribution < -0.4 is 15.5 Å². The third-order valence-corrected chi connectivity index (χ3v) is 3.80. The van der Waals surface area contributed by atoms with E-state index in [9.17, 15) is 4.79 Å².